The van der Waals surface area contributed by atoms with Crippen LogP contribution < -0.4 is 10.2 Å². The smallest absolute Gasteiger partial charge is 0.423 e. The molecule has 2 N–H and O–H groups in total. The van der Waals surface area contributed by atoms with Crippen LogP contribution in [-0.4, -0.2) is 84.4 Å². The average Bonchev–Trinajstić information content (AvgIpc) is 3.49. The number of thiazole rings is 1. The molecule has 2 aliphatic rings. The van der Waals surface area contributed by atoms with Gasteiger partial charge in [0.2, 0.25) is 0 Å². The van der Waals surface area contributed by atoms with Crippen LogP contribution >= 0.6 is 11.3 Å². The summed E-state index contributed by atoms with van der Waals surface area (Å²) in [5.41, 5.74) is -1.05. The molecule has 0 saturated carbocycles. The molecule has 4 rings (SSSR count). The maximum absolute atomic E-state index is 13.5. The number of amides is 5. The van der Waals surface area contributed by atoms with Crippen molar-refractivity contribution < 1.29 is 33.9 Å². The molecule has 5 amide bonds. The second-order valence-electron chi connectivity index (χ2n) is 10.6. The molecule has 0 spiro atoms. The monoisotopic (exact) mass is 547 g/mol. The number of hydrogen-bond acceptors (Lipinski definition) is 10. The lowest BCUT2D eigenvalue weighted by Gasteiger charge is -2.24. The lowest BCUT2D eigenvalue weighted by atomic mass is 10.2. The topological polar surface area (TPSA) is 159 Å². The van der Waals surface area contributed by atoms with Gasteiger partial charge in [-0.3, -0.25) is 15.3 Å². The minimum atomic E-state index is -0.957. The number of fused-ring (bicyclic) bond motifs is 2. The summed E-state index contributed by atoms with van der Waals surface area (Å²) in [5, 5.41) is 17.5. The Morgan fingerprint density at radius 3 is 2.47 bits per heavy atom. The third-order valence-corrected chi connectivity index (χ3v) is 6.03. The highest BCUT2D eigenvalue weighted by Crippen LogP contribution is 2.28. The van der Waals surface area contributed by atoms with Crippen LogP contribution in [0.25, 0.3) is 5.70 Å². The van der Waals surface area contributed by atoms with Gasteiger partial charge in [-0.1, -0.05) is 11.3 Å². The van der Waals surface area contributed by atoms with Crippen molar-refractivity contribution in [3.8, 4) is 0 Å². The lowest BCUT2D eigenvalue weighted by molar-refractivity contribution is -0.0450. The molecular weight excluding hydrogens is 518 g/mol. The van der Waals surface area contributed by atoms with E-state index in [4.69, 9.17) is 9.47 Å². The Hall–Kier alpha value is -3.98. The highest BCUT2D eigenvalue weighted by Gasteiger charge is 2.40. The minimum Gasteiger partial charge on any atom is -0.444 e. The molecule has 0 aromatic carbocycles. The van der Waals surface area contributed by atoms with Gasteiger partial charge in [0, 0.05) is 18.8 Å². The van der Waals surface area contributed by atoms with Crippen LogP contribution in [0.2, 0.25) is 0 Å². The van der Waals surface area contributed by atoms with E-state index in [-0.39, 0.29) is 22.4 Å². The Bertz CT molecular complexity index is 1300. The number of nitrogens with zero attached hydrogens (tertiary/aromatic N) is 6. The van der Waals surface area contributed by atoms with Crippen molar-refractivity contribution in [2.75, 3.05) is 23.3 Å². The first kappa shape index (κ1) is 27.1. The van der Waals surface area contributed by atoms with Gasteiger partial charge in [0.25, 0.3) is 5.91 Å². The first-order valence-electron chi connectivity index (χ1n) is 11.7. The summed E-state index contributed by atoms with van der Waals surface area (Å²) >= 11 is 0.852. The average molecular weight is 548 g/mol. The van der Waals surface area contributed by atoms with E-state index in [2.05, 4.69) is 15.4 Å². The zero-order chi connectivity index (χ0) is 28.0. The Balaban J connectivity index is 1.59. The van der Waals surface area contributed by atoms with Crippen LogP contribution in [-0.2, 0) is 9.47 Å². The zero-order valence-electron chi connectivity index (χ0n) is 21.8. The van der Waals surface area contributed by atoms with Crippen molar-refractivity contribution in [2.45, 2.75) is 58.8 Å². The second kappa shape index (κ2) is 9.72. The Kier molecular flexibility index (Phi) is 6.92. The molecule has 2 aromatic rings. The maximum atomic E-state index is 13.5. The number of anilines is 2. The van der Waals surface area contributed by atoms with Gasteiger partial charge < -0.3 is 14.4 Å². The van der Waals surface area contributed by atoms with E-state index in [9.17, 15) is 24.4 Å². The van der Waals surface area contributed by atoms with E-state index >= 15 is 0 Å². The van der Waals surface area contributed by atoms with Crippen molar-refractivity contribution in [3.05, 3.63) is 29.4 Å². The van der Waals surface area contributed by atoms with Crippen molar-refractivity contribution >= 4 is 52.1 Å². The van der Waals surface area contributed by atoms with Gasteiger partial charge in [0.1, 0.15) is 16.1 Å². The molecule has 1 saturated heterocycles. The number of hydrogen-bond donors (Lipinski definition) is 2. The Morgan fingerprint density at radius 1 is 1.16 bits per heavy atom. The molecule has 1 unspecified atom stereocenters. The summed E-state index contributed by atoms with van der Waals surface area (Å²) in [6.07, 6.45) is 2.76. The normalized spacial score (nSPS) is 17.3. The predicted octanol–water partition coefficient (Wildman–Crippen LogP) is 3.62. The van der Waals surface area contributed by atoms with Crippen molar-refractivity contribution in [2.24, 2.45) is 0 Å². The molecule has 1 fully saturated rings. The quantitative estimate of drug-likeness (QED) is 0.545. The Morgan fingerprint density at radius 2 is 1.84 bits per heavy atom. The number of carbonyl (C=O) groups is 4. The van der Waals surface area contributed by atoms with E-state index in [0.29, 0.717) is 17.3 Å². The standard InChI is InChI=1S/C23H29N7O7S/c1-22(2,3)36-19(32)25-18-24-10-15(38-18)17(31)29(21(34)37-23(4,5)6)16-7-8-28(26-16)13-9-14-12-27(11-13)20(33)30(14)35/h7-10,14,35H,11-12H2,1-6H3,(H,24,25,32). The highest BCUT2D eigenvalue weighted by atomic mass is 32.1. The lowest BCUT2D eigenvalue weighted by Crippen LogP contribution is -2.41. The minimum absolute atomic E-state index is 0.0275. The fourth-order valence-corrected chi connectivity index (χ4v) is 4.39. The largest absolute Gasteiger partial charge is 0.444 e. The van der Waals surface area contributed by atoms with Crippen LogP contribution in [0.3, 0.4) is 0 Å². The molecule has 4 heterocycles. The van der Waals surface area contributed by atoms with Crippen LogP contribution in [0.15, 0.2) is 24.5 Å². The highest BCUT2D eigenvalue weighted by molar-refractivity contribution is 7.17. The summed E-state index contributed by atoms with van der Waals surface area (Å²) in [5.74, 6) is -0.794. The summed E-state index contributed by atoms with van der Waals surface area (Å²) in [6.45, 7) is 10.7. The van der Waals surface area contributed by atoms with Gasteiger partial charge >= 0.3 is 18.2 Å². The van der Waals surface area contributed by atoms with Gasteiger partial charge in [-0.25, -0.2) is 24.0 Å². The van der Waals surface area contributed by atoms with Gasteiger partial charge in [-0.05, 0) is 47.6 Å². The summed E-state index contributed by atoms with van der Waals surface area (Å²) < 4.78 is 12.1. The first-order chi connectivity index (χ1) is 17.6. The Labute approximate surface area is 222 Å². The van der Waals surface area contributed by atoms with E-state index in [1.807, 2.05) is 0 Å². The summed E-state index contributed by atoms with van der Waals surface area (Å²) in [4.78, 5) is 57.1. The second-order valence-corrected chi connectivity index (χ2v) is 11.7. The summed E-state index contributed by atoms with van der Waals surface area (Å²) in [7, 11) is 0. The molecule has 2 aliphatic heterocycles. The number of aromatic nitrogens is 3. The van der Waals surface area contributed by atoms with Crippen LogP contribution in [0.1, 0.15) is 51.2 Å². The number of ether oxygens (including phenoxy) is 2. The van der Waals surface area contributed by atoms with E-state index in [0.717, 1.165) is 16.2 Å². The molecule has 0 radical (unpaired) electrons. The third kappa shape index (κ3) is 5.94. The fourth-order valence-electron chi connectivity index (χ4n) is 3.66. The van der Waals surface area contributed by atoms with E-state index in [1.165, 1.54) is 28.0 Å². The predicted molar refractivity (Wildman–Crippen MR) is 136 cm³/mol. The van der Waals surface area contributed by atoms with Gasteiger partial charge in [-0.15, -0.1) is 5.10 Å². The molecule has 38 heavy (non-hydrogen) atoms. The molecule has 204 valence electrons. The van der Waals surface area contributed by atoms with E-state index < -0.39 is 41.4 Å². The van der Waals surface area contributed by atoms with Gasteiger partial charge in [-0.2, -0.15) is 9.96 Å². The van der Waals surface area contributed by atoms with Crippen LogP contribution in [0.5, 0.6) is 0 Å². The molecule has 15 heteroatoms. The van der Waals surface area contributed by atoms with Crippen molar-refractivity contribution in [1.29, 1.82) is 0 Å². The van der Waals surface area contributed by atoms with Gasteiger partial charge in [0.05, 0.1) is 24.5 Å². The van der Waals surface area contributed by atoms with E-state index in [1.54, 1.807) is 47.6 Å². The molecule has 14 nitrogen and oxygen atoms in total. The summed E-state index contributed by atoms with van der Waals surface area (Å²) in [6, 6.07) is 0.407. The number of imide groups is 1. The SMILES string of the molecule is CC(C)(C)OC(=O)Nc1ncc(C(=O)N(C(=O)OC(C)(C)C)c2ccn(C3=CC4CN(C3)C(=O)N4O)n2)s1. The third-order valence-electron chi connectivity index (χ3n) is 5.13. The number of hydroxylamine groups is 2. The van der Waals surface area contributed by atoms with Crippen molar-refractivity contribution in [1.82, 2.24) is 24.7 Å². The first-order valence-corrected chi connectivity index (χ1v) is 12.5. The molecular formula is C23H29N7O7S. The molecule has 1 atom stereocenters. The number of urea groups is 1. The molecule has 0 aliphatic carbocycles. The van der Waals surface area contributed by atoms with Crippen LogP contribution in [0.4, 0.5) is 25.3 Å². The maximum Gasteiger partial charge on any atom is 0.423 e. The van der Waals surface area contributed by atoms with Gasteiger partial charge in [0.15, 0.2) is 10.9 Å². The van der Waals surface area contributed by atoms with Crippen LogP contribution in [0, 0.1) is 0 Å². The number of carbonyl (C=O) groups excluding carboxylic acids is 4. The number of nitrogens with one attached hydrogen (secondary N) is 1. The zero-order valence-corrected chi connectivity index (χ0v) is 22.6. The molecule has 2 aromatic heterocycles. The fraction of sp³-hybridized carbons (Fsp3) is 0.478. The molecule has 2 bridgehead atoms. The van der Waals surface area contributed by atoms with Crippen molar-refractivity contribution in [3.63, 3.8) is 0 Å². The number of rotatable bonds is 4.